The summed E-state index contributed by atoms with van der Waals surface area (Å²) in [6.07, 6.45) is 0.522. The summed E-state index contributed by atoms with van der Waals surface area (Å²) in [4.78, 5) is 15.1. The first-order valence-corrected chi connectivity index (χ1v) is 7.43. The van der Waals surface area contributed by atoms with Crippen LogP contribution >= 0.6 is 0 Å². The molecule has 0 radical (unpaired) electrons. The molecule has 1 N–H and O–H groups in total. The van der Waals surface area contributed by atoms with Crippen LogP contribution in [0.3, 0.4) is 0 Å². The molecule has 6 nitrogen and oxygen atoms in total. The van der Waals surface area contributed by atoms with E-state index >= 15 is 0 Å². The number of sulfone groups is 1. The average molecular weight is 264 g/mol. The van der Waals surface area contributed by atoms with Gasteiger partial charge in [0.1, 0.15) is 0 Å². The Morgan fingerprint density at radius 1 is 1.41 bits per heavy atom. The molecule has 1 atom stereocenters. The largest absolute Gasteiger partial charge is 0.395 e. The maximum absolute atomic E-state index is 11.8. The number of likely N-dealkylation sites (N-methyl/N-ethyl adjacent to an activating group) is 2. The van der Waals surface area contributed by atoms with Crippen LogP contribution in [-0.4, -0.2) is 80.6 Å². The summed E-state index contributed by atoms with van der Waals surface area (Å²) >= 11 is 0. The SMILES string of the molecule is CN(CCO)CC(=O)N(C)C1CCS(=O)(=O)C1. The number of amides is 1. The van der Waals surface area contributed by atoms with Crippen molar-refractivity contribution in [1.29, 1.82) is 0 Å². The number of carbonyl (C=O) groups excluding carboxylic acids is 1. The van der Waals surface area contributed by atoms with Gasteiger partial charge in [0, 0.05) is 19.6 Å². The van der Waals surface area contributed by atoms with Crippen molar-refractivity contribution in [2.45, 2.75) is 12.5 Å². The molecule has 17 heavy (non-hydrogen) atoms. The highest BCUT2D eigenvalue weighted by Crippen LogP contribution is 2.16. The monoisotopic (exact) mass is 264 g/mol. The van der Waals surface area contributed by atoms with Crippen molar-refractivity contribution in [1.82, 2.24) is 9.80 Å². The number of carbonyl (C=O) groups is 1. The molecule has 1 heterocycles. The molecular weight excluding hydrogens is 244 g/mol. The van der Waals surface area contributed by atoms with E-state index < -0.39 is 9.84 Å². The van der Waals surface area contributed by atoms with Gasteiger partial charge in [0.05, 0.1) is 24.7 Å². The number of nitrogens with zero attached hydrogens (tertiary/aromatic N) is 2. The highest BCUT2D eigenvalue weighted by Gasteiger charge is 2.32. The second kappa shape index (κ2) is 5.79. The van der Waals surface area contributed by atoms with Crippen LogP contribution in [0.1, 0.15) is 6.42 Å². The van der Waals surface area contributed by atoms with Gasteiger partial charge in [-0.15, -0.1) is 0 Å². The molecule has 0 aromatic rings. The zero-order chi connectivity index (χ0) is 13.1. The number of aliphatic hydroxyl groups excluding tert-OH is 1. The van der Waals surface area contributed by atoms with Crippen LogP contribution in [-0.2, 0) is 14.6 Å². The van der Waals surface area contributed by atoms with E-state index in [0.717, 1.165) is 0 Å². The number of aliphatic hydroxyl groups is 1. The van der Waals surface area contributed by atoms with Crippen LogP contribution in [0.25, 0.3) is 0 Å². The molecule has 1 aliphatic rings. The molecule has 0 aromatic heterocycles. The van der Waals surface area contributed by atoms with Gasteiger partial charge in [0.2, 0.25) is 5.91 Å². The van der Waals surface area contributed by atoms with Gasteiger partial charge in [-0.2, -0.15) is 0 Å². The van der Waals surface area contributed by atoms with Gasteiger partial charge in [-0.05, 0) is 13.5 Å². The molecule has 0 aromatic carbocycles. The van der Waals surface area contributed by atoms with Crippen molar-refractivity contribution in [3.05, 3.63) is 0 Å². The highest BCUT2D eigenvalue weighted by atomic mass is 32.2. The Hall–Kier alpha value is -0.660. The lowest BCUT2D eigenvalue weighted by molar-refractivity contribution is -0.132. The van der Waals surface area contributed by atoms with Crippen LogP contribution in [0.4, 0.5) is 0 Å². The first kappa shape index (κ1) is 14.4. The smallest absolute Gasteiger partial charge is 0.236 e. The first-order chi connectivity index (χ1) is 7.85. The van der Waals surface area contributed by atoms with Gasteiger partial charge < -0.3 is 10.0 Å². The van der Waals surface area contributed by atoms with Crippen LogP contribution < -0.4 is 0 Å². The Balaban J connectivity index is 2.47. The summed E-state index contributed by atoms with van der Waals surface area (Å²) in [6.45, 7) is 0.640. The fourth-order valence-corrected chi connectivity index (χ4v) is 3.65. The maximum atomic E-state index is 11.8. The highest BCUT2D eigenvalue weighted by molar-refractivity contribution is 7.91. The van der Waals surface area contributed by atoms with Gasteiger partial charge in [-0.25, -0.2) is 8.42 Å². The molecule has 7 heteroatoms. The van der Waals surface area contributed by atoms with E-state index in [9.17, 15) is 13.2 Å². The minimum Gasteiger partial charge on any atom is -0.395 e. The average Bonchev–Trinajstić information content (AvgIpc) is 2.58. The Kier molecular flexibility index (Phi) is 4.91. The van der Waals surface area contributed by atoms with Crippen molar-refractivity contribution >= 4 is 15.7 Å². The lowest BCUT2D eigenvalue weighted by Gasteiger charge is -2.25. The third-order valence-electron chi connectivity index (χ3n) is 3.04. The molecule has 1 saturated heterocycles. The van der Waals surface area contributed by atoms with Crippen LogP contribution in [0, 0.1) is 0 Å². The summed E-state index contributed by atoms with van der Waals surface area (Å²) in [5.41, 5.74) is 0. The van der Waals surface area contributed by atoms with Crippen molar-refractivity contribution in [2.24, 2.45) is 0 Å². The molecule has 0 aliphatic carbocycles. The van der Waals surface area contributed by atoms with E-state index in [4.69, 9.17) is 5.11 Å². The topological polar surface area (TPSA) is 77.9 Å². The standard InChI is InChI=1S/C10H20N2O4S/c1-11(4-5-13)7-10(14)12(2)9-3-6-17(15,16)8-9/h9,13H,3-8H2,1-2H3. The molecular formula is C10H20N2O4S. The van der Waals surface area contributed by atoms with Crippen molar-refractivity contribution in [3.8, 4) is 0 Å². The summed E-state index contributed by atoms with van der Waals surface area (Å²) in [5.74, 6) is 0.129. The van der Waals surface area contributed by atoms with E-state index in [-0.39, 0.29) is 36.6 Å². The Morgan fingerprint density at radius 2 is 2.06 bits per heavy atom. The van der Waals surface area contributed by atoms with Gasteiger partial charge in [0.25, 0.3) is 0 Å². The van der Waals surface area contributed by atoms with Gasteiger partial charge >= 0.3 is 0 Å². The number of rotatable bonds is 5. The van der Waals surface area contributed by atoms with E-state index in [0.29, 0.717) is 13.0 Å². The molecule has 1 aliphatic heterocycles. The van der Waals surface area contributed by atoms with Crippen molar-refractivity contribution in [2.75, 3.05) is 45.3 Å². The van der Waals surface area contributed by atoms with Gasteiger partial charge in [-0.3, -0.25) is 9.69 Å². The molecule has 0 bridgehead atoms. The molecule has 1 unspecified atom stereocenters. The fourth-order valence-electron chi connectivity index (χ4n) is 1.88. The molecule has 0 saturated carbocycles. The second-order valence-electron chi connectivity index (χ2n) is 4.52. The lowest BCUT2D eigenvalue weighted by Crippen LogP contribution is -2.43. The van der Waals surface area contributed by atoms with E-state index in [1.54, 1.807) is 19.0 Å². The van der Waals surface area contributed by atoms with Crippen LogP contribution in [0.5, 0.6) is 0 Å². The fraction of sp³-hybridized carbons (Fsp3) is 0.900. The second-order valence-corrected chi connectivity index (χ2v) is 6.75. The van der Waals surface area contributed by atoms with Crippen molar-refractivity contribution < 1.29 is 18.3 Å². The first-order valence-electron chi connectivity index (χ1n) is 5.61. The third-order valence-corrected chi connectivity index (χ3v) is 4.79. The zero-order valence-corrected chi connectivity index (χ0v) is 11.1. The molecule has 1 amide bonds. The van der Waals surface area contributed by atoms with Gasteiger partial charge in [0.15, 0.2) is 9.84 Å². The molecule has 100 valence electrons. The Morgan fingerprint density at radius 3 is 2.53 bits per heavy atom. The summed E-state index contributed by atoms with van der Waals surface area (Å²) in [7, 11) is 0.423. The summed E-state index contributed by atoms with van der Waals surface area (Å²) < 4.78 is 22.6. The van der Waals surface area contributed by atoms with Crippen molar-refractivity contribution in [3.63, 3.8) is 0 Å². The number of hydrogen-bond donors (Lipinski definition) is 1. The minimum absolute atomic E-state index is 0.00526. The normalized spacial score (nSPS) is 22.9. The van der Waals surface area contributed by atoms with Gasteiger partial charge in [-0.1, -0.05) is 0 Å². The minimum atomic E-state index is -2.96. The van der Waals surface area contributed by atoms with E-state index in [1.807, 2.05) is 0 Å². The number of hydrogen-bond acceptors (Lipinski definition) is 5. The lowest BCUT2D eigenvalue weighted by atomic mass is 10.2. The molecule has 1 fully saturated rings. The van der Waals surface area contributed by atoms with E-state index in [1.165, 1.54) is 4.90 Å². The van der Waals surface area contributed by atoms with Crippen LogP contribution in [0.2, 0.25) is 0 Å². The Labute approximate surface area is 102 Å². The summed E-state index contributed by atoms with van der Waals surface area (Å²) in [5, 5.41) is 8.72. The van der Waals surface area contributed by atoms with Crippen LogP contribution in [0.15, 0.2) is 0 Å². The Bertz CT molecular complexity index is 369. The van der Waals surface area contributed by atoms with E-state index in [2.05, 4.69) is 0 Å². The third kappa shape index (κ3) is 4.25. The zero-order valence-electron chi connectivity index (χ0n) is 10.3. The predicted octanol–water partition coefficient (Wildman–Crippen LogP) is -1.44. The predicted molar refractivity (Wildman–Crippen MR) is 64.4 cm³/mol. The maximum Gasteiger partial charge on any atom is 0.236 e. The quantitative estimate of drug-likeness (QED) is 0.658. The molecule has 1 rings (SSSR count). The summed E-state index contributed by atoms with van der Waals surface area (Å²) in [6, 6.07) is -0.199. The molecule has 0 spiro atoms.